The van der Waals surface area contributed by atoms with E-state index in [0.717, 1.165) is 6.07 Å². The number of hydrogen-bond acceptors (Lipinski definition) is 2. The van der Waals surface area contributed by atoms with Gasteiger partial charge in [-0.3, -0.25) is 4.79 Å². The van der Waals surface area contributed by atoms with E-state index in [1.165, 1.54) is 13.0 Å². The molecule has 0 radical (unpaired) electrons. The number of rotatable bonds is 1. The molecule has 0 saturated heterocycles. The molecule has 68 valence electrons. The van der Waals surface area contributed by atoms with Crippen LogP contribution in [0.5, 0.6) is 0 Å². The lowest BCUT2D eigenvalue weighted by atomic mass is 10.2. The largest absolute Gasteiger partial charge is 0.350 e. The minimum absolute atomic E-state index is 0.361. The Bertz CT molecular complexity index is 417. The van der Waals surface area contributed by atoms with Crippen molar-refractivity contribution in [2.45, 2.75) is 13.3 Å². The molecule has 1 aromatic rings. The summed E-state index contributed by atoms with van der Waals surface area (Å²) in [6.07, 6.45) is -2.92. The molecule has 1 aromatic heterocycles. The number of hydrogen-bond donors (Lipinski definition) is 1. The lowest BCUT2D eigenvalue weighted by Crippen LogP contribution is -2.13. The number of aryl methyl sites for hydroxylation is 1. The van der Waals surface area contributed by atoms with Crippen LogP contribution < -0.4 is 5.43 Å². The number of alkyl halides is 2. The van der Waals surface area contributed by atoms with Gasteiger partial charge in [-0.25, -0.2) is 8.78 Å². The molecule has 5 heteroatoms. The molecule has 0 saturated carbocycles. The highest BCUT2D eigenvalue weighted by Gasteiger charge is 2.17. The highest BCUT2D eigenvalue weighted by atomic mass is 19.3. The molecule has 0 spiro atoms. The van der Waals surface area contributed by atoms with Crippen molar-refractivity contribution in [2.75, 3.05) is 0 Å². The fourth-order valence-electron chi connectivity index (χ4n) is 1.00. The fourth-order valence-corrected chi connectivity index (χ4v) is 1.00. The zero-order chi connectivity index (χ0) is 10.0. The number of nitrogens with zero attached hydrogens (tertiary/aromatic N) is 1. The Kier molecular flexibility index (Phi) is 2.42. The third-order valence-corrected chi connectivity index (χ3v) is 1.53. The lowest BCUT2D eigenvalue weighted by Gasteiger charge is -2.02. The monoisotopic (exact) mass is 184 g/mol. The molecule has 13 heavy (non-hydrogen) atoms. The standard InChI is InChI=1S/C8H6F2N2O/c1-4-2-6(13)7(8(9)10)5(3-11)12-4/h2,8H,1H3,(H,12,13). The van der Waals surface area contributed by atoms with Crippen LogP contribution in [0.2, 0.25) is 0 Å². The predicted molar refractivity (Wildman–Crippen MR) is 41.5 cm³/mol. The maximum Gasteiger partial charge on any atom is 0.270 e. The van der Waals surface area contributed by atoms with Crippen LogP contribution in [0.3, 0.4) is 0 Å². The van der Waals surface area contributed by atoms with E-state index in [1.807, 2.05) is 0 Å². The molecule has 1 N–H and O–H groups in total. The molecule has 0 atom stereocenters. The summed E-state index contributed by atoms with van der Waals surface area (Å²) in [5, 5.41) is 8.46. The molecular weight excluding hydrogens is 178 g/mol. The number of pyridine rings is 1. The van der Waals surface area contributed by atoms with E-state index in [-0.39, 0.29) is 5.69 Å². The Morgan fingerprint density at radius 1 is 1.62 bits per heavy atom. The van der Waals surface area contributed by atoms with Crippen LogP contribution in [0, 0.1) is 18.3 Å². The van der Waals surface area contributed by atoms with Crippen molar-refractivity contribution in [2.24, 2.45) is 0 Å². The molecule has 0 aliphatic rings. The van der Waals surface area contributed by atoms with Crippen LogP contribution in [0.4, 0.5) is 8.78 Å². The van der Waals surface area contributed by atoms with Gasteiger partial charge in [-0.05, 0) is 6.92 Å². The van der Waals surface area contributed by atoms with Crippen LogP contribution in [-0.4, -0.2) is 4.98 Å². The predicted octanol–water partition coefficient (Wildman–Crippen LogP) is 1.49. The molecular formula is C8H6F2N2O. The maximum atomic E-state index is 12.2. The second kappa shape index (κ2) is 3.35. The van der Waals surface area contributed by atoms with E-state index in [4.69, 9.17) is 5.26 Å². The van der Waals surface area contributed by atoms with E-state index in [0.29, 0.717) is 5.69 Å². The van der Waals surface area contributed by atoms with Crippen molar-refractivity contribution in [1.29, 1.82) is 5.26 Å². The summed E-state index contributed by atoms with van der Waals surface area (Å²) in [6.45, 7) is 1.53. The molecule has 1 heterocycles. The minimum atomic E-state index is -2.92. The number of aromatic nitrogens is 1. The third kappa shape index (κ3) is 1.72. The second-order valence-corrected chi connectivity index (χ2v) is 2.52. The van der Waals surface area contributed by atoms with Crippen LogP contribution >= 0.6 is 0 Å². The van der Waals surface area contributed by atoms with Gasteiger partial charge in [0.1, 0.15) is 11.8 Å². The van der Waals surface area contributed by atoms with Gasteiger partial charge < -0.3 is 4.98 Å². The first-order valence-corrected chi connectivity index (χ1v) is 3.48. The van der Waals surface area contributed by atoms with Gasteiger partial charge in [0.25, 0.3) is 6.43 Å². The van der Waals surface area contributed by atoms with Crippen LogP contribution in [-0.2, 0) is 0 Å². The highest BCUT2D eigenvalue weighted by Crippen LogP contribution is 2.17. The topological polar surface area (TPSA) is 56.6 Å². The first kappa shape index (κ1) is 9.39. The van der Waals surface area contributed by atoms with Crippen LogP contribution in [0.15, 0.2) is 10.9 Å². The van der Waals surface area contributed by atoms with Crippen molar-refractivity contribution in [3.63, 3.8) is 0 Å². The second-order valence-electron chi connectivity index (χ2n) is 2.52. The van der Waals surface area contributed by atoms with E-state index in [2.05, 4.69) is 4.98 Å². The molecule has 0 unspecified atom stereocenters. The van der Waals surface area contributed by atoms with Crippen molar-refractivity contribution < 1.29 is 8.78 Å². The number of nitriles is 1. The Balaban J connectivity index is 3.51. The average Bonchev–Trinajstić information content (AvgIpc) is 2.01. The minimum Gasteiger partial charge on any atom is -0.350 e. The summed E-state index contributed by atoms with van der Waals surface area (Å²) in [5.74, 6) is 0. The van der Waals surface area contributed by atoms with Gasteiger partial charge in [0.2, 0.25) is 0 Å². The molecule has 0 fully saturated rings. The Labute approximate surface area is 72.6 Å². The summed E-state index contributed by atoms with van der Waals surface area (Å²) < 4.78 is 24.5. The quantitative estimate of drug-likeness (QED) is 0.718. The normalized spacial score (nSPS) is 10.1. The van der Waals surface area contributed by atoms with E-state index < -0.39 is 17.4 Å². The van der Waals surface area contributed by atoms with Gasteiger partial charge in [0.05, 0.1) is 5.56 Å². The molecule has 0 aromatic carbocycles. The maximum absolute atomic E-state index is 12.2. The Morgan fingerprint density at radius 2 is 2.23 bits per heavy atom. The summed E-state index contributed by atoms with van der Waals surface area (Å²) >= 11 is 0. The van der Waals surface area contributed by atoms with Crippen molar-refractivity contribution in [3.05, 3.63) is 33.2 Å². The van der Waals surface area contributed by atoms with Crippen molar-refractivity contribution in [3.8, 4) is 6.07 Å². The summed E-state index contributed by atoms with van der Waals surface area (Å²) in [7, 11) is 0. The SMILES string of the molecule is Cc1cc(=O)c(C(F)F)c(C#N)[nH]1. The van der Waals surface area contributed by atoms with Crippen LogP contribution in [0.1, 0.15) is 23.4 Å². The van der Waals surface area contributed by atoms with Crippen molar-refractivity contribution >= 4 is 0 Å². The zero-order valence-corrected chi connectivity index (χ0v) is 6.77. The smallest absolute Gasteiger partial charge is 0.270 e. The summed E-state index contributed by atoms with van der Waals surface area (Å²) in [5.41, 5.74) is -1.53. The molecule has 1 rings (SSSR count). The van der Waals surface area contributed by atoms with Gasteiger partial charge in [0.15, 0.2) is 5.43 Å². The first-order chi connectivity index (χ1) is 6.06. The van der Waals surface area contributed by atoms with E-state index >= 15 is 0 Å². The highest BCUT2D eigenvalue weighted by molar-refractivity contribution is 5.33. The Hall–Kier alpha value is -1.70. The van der Waals surface area contributed by atoms with Gasteiger partial charge in [-0.1, -0.05) is 0 Å². The number of halogens is 2. The first-order valence-electron chi connectivity index (χ1n) is 3.48. The summed E-state index contributed by atoms with van der Waals surface area (Å²) in [4.78, 5) is 13.4. The third-order valence-electron chi connectivity index (χ3n) is 1.53. The number of H-pyrrole nitrogens is 1. The summed E-state index contributed by atoms with van der Waals surface area (Å²) in [6, 6.07) is 2.57. The van der Waals surface area contributed by atoms with E-state index in [9.17, 15) is 13.6 Å². The Morgan fingerprint density at radius 3 is 2.69 bits per heavy atom. The molecule has 0 bridgehead atoms. The number of nitrogens with one attached hydrogen (secondary N) is 1. The molecule has 0 aliphatic heterocycles. The fraction of sp³-hybridized carbons (Fsp3) is 0.250. The zero-order valence-electron chi connectivity index (χ0n) is 6.77. The van der Waals surface area contributed by atoms with Gasteiger partial charge in [0, 0.05) is 11.8 Å². The van der Waals surface area contributed by atoms with Gasteiger partial charge in [-0.2, -0.15) is 5.26 Å². The average molecular weight is 184 g/mol. The molecule has 0 amide bonds. The van der Waals surface area contributed by atoms with Gasteiger partial charge >= 0.3 is 0 Å². The lowest BCUT2D eigenvalue weighted by molar-refractivity contribution is 0.149. The number of aromatic amines is 1. The van der Waals surface area contributed by atoms with Crippen molar-refractivity contribution in [1.82, 2.24) is 4.98 Å². The molecule has 0 aliphatic carbocycles. The molecule has 3 nitrogen and oxygen atoms in total. The van der Waals surface area contributed by atoms with Gasteiger partial charge in [-0.15, -0.1) is 0 Å². The van der Waals surface area contributed by atoms with Crippen LogP contribution in [0.25, 0.3) is 0 Å². The van der Waals surface area contributed by atoms with E-state index in [1.54, 1.807) is 0 Å².